The van der Waals surface area contributed by atoms with Crippen molar-refractivity contribution in [3.8, 4) is 11.5 Å². The topological polar surface area (TPSA) is 60.7 Å². The molecular weight excluding hydrogens is 312 g/mol. The van der Waals surface area contributed by atoms with E-state index in [2.05, 4.69) is 41.4 Å². The zero-order valence-corrected chi connectivity index (χ0v) is 14.1. The maximum atomic E-state index is 5.47. The minimum Gasteiger partial charge on any atom is -0.454 e. The number of hydrogen-bond donors (Lipinski definition) is 1. The number of hydrogen-bond acceptors (Lipinski definition) is 6. The van der Waals surface area contributed by atoms with E-state index in [-0.39, 0.29) is 5.41 Å². The largest absolute Gasteiger partial charge is 0.454 e. The molecule has 0 fully saturated rings. The average Bonchev–Trinajstić information content (AvgIpc) is 3.18. The van der Waals surface area contributed by atoms with Crippen molar-refractivity contribution >= 4 is 21.4 Å². The highest BCUT2D eigenvalue weighted by Gasteiger charge is 2.24. The first-order valence-electron chi connectivity index (χ1n) is 7.48. The van der Waals surface area contributed by atoms with E-state index >= 15 is 0 Å². The molecule has 2 aromatic heterocycles. The molecule has 1 N–H and O–H groups in total. The molecule has 0 amide bonds. The van der Waals surface area contributed by atoms with E-state index in [0.717, 1.165) is 33.8 Å². The lowest BCUT2D eigenvalue weighted by Crippen LogP contribution is -2.27. The Balaban J connectivity index is 1.51. The van der Waals surface area contributed by atoms with Gasteiger partial charge >= 0.3 is 0 Å². The Bertz CT molecular complexity index is 837. The van der Waals surface area contributed by atoms with Crippen LogP contribution in [0.15, 0.2) is 24.4 Å². The molecule has 1 aromatic carbocycles. The minimum absolute atomic E-state index is 0.0648. The average molecular weight is 330 g/mol. The highest BCUT2D eigenvalue weighted by Crippen LogP contribution is 2.36. The van der Waals surface area contributed by atoms with Crippen LogP contribution in [0.25, 0.3) is 4.96 Å². The Labute approximate surface area is 138 Å². The summed E-state index contributed by atoms with van der Waals surface area (Å²) in [6, 6.07) is 6.12. The van der Waals surface area contributed by atoms with Gasteiger partial charge in [0.2, 0.25) is 16.9 Å². The van der Waals surface area contributed by atoms with Crippen molar-refractivity contribution in [2.24, 2.45) is 0 Å². The number of imidazole rings is 1. The molecule has 0 radical (unpaired) electrons. The Morgan fingerprint density at radius 2 is 2.13 bits per heavy atom. The van der Waals surface area contributed by atoms with Gasteiger partial charge in [-0.25, -0.2) is 9.50 Å². The molecule has 4 rings (SSSR count). The maximum absolute atomic E-state index is 5.47. The number of nitrogens with one attached hydrogen (secondary N) is 1. The second kappa shape index (κ2) is 5.13. The zero-order chi connectivity index (χ0) is 16.0. The van der Waals surface area contributed by atoms with Gasteiger partial charge in [-0.2, -0.15) is 0 Å². The van der Waals surface area contributed by atoms with Gasteiger partial charge in [0.15, 0.2) is 11.5 Å². The summed E-state index contributed by atoms with van der Waals surface area (Å²) >= 11 is 1.56. The molecule has 7 heteroatoms. The van der Waals surface area contributed by atoms with Crippen LogP contribution in [0.2, 0.25) is 0 Å². The van der Waals surface area contributed by atoms with E-state index in [0.29, 0.717) is 6.79 Å². The van der Waals surface area contributed by atoms with Gasteiger partial charge in [-0.15, -0.1) is 5.10 Å². The molecule has 1 aliphatic rings. The molecule has 0 atom stereocenters. The SMILES string of the molecule is Cc1cn2nc(NCC(C)(C)c3ccc4c(c3)OCO4)sc2n1. The number of benzene rings is 1. The molecule has 6 nitrogen and oxygen atoms in total. The molecular formula is C16H18N4O2S. The number of aryl methyl sites for hydroxylation is 1. The van der Waals surface area contributed by atoms with Crippen molar-refractivity contribution < 1.29 is 9.47 Å². The van der Waals surface area contributed by atoms with E-state index in [1.807, 2.05) is 23.7 Å². The van der Waals surface area contributed by atoms with Gasteiger partial charge in [-0.3, -0.25) is 0 Å². The lowest BCUT2D eigenvalue weighted by molar-refractivity contribution is 0.174. The first-order chi connectivity index (χ1) is 11.0. The molecule has 3 heterocycles. The van der Waals surface area contributed by atoms with Gasteiger partial charge < -0.3 is 14.8 Å². The van der Waals surface area contributed by atoms with Crippen molar-refractivity contribution in [1.82, 2.24) is 14.6 Å². The first-order valence-corrected chi connectivity index (χ1v) is 8.30. The van der Waals surface area contributed by atoms with Crippen molar-refractivity contribution in [3.05, 3.63) is 35.7 Å². The Morgan fingerprint density at radius 1 is 1.30 bits per heavy atom. The summed E-state index contributed by atoms with van der Waals surface area (Å²) < 4.78 is 12.7. The van der Waals surface area contributed by atoms with Gasteiger partial charge in [0.1, 0.15) is 0 Å². The fraction of sp³-hybridized carbons (Fsp3) is 0.375. The van der Waals surface area contributed by atoms with E-state index < -0.39 is 0 Å². The highest BCUT2D eigenvalue weighted by atomic mass is 32.1. The van der Waals surface area contributed by atoms with Gasteiger partial charge in [-0.05, 0) is 24.6 Å². The summed E-state index contributed by atoms with van der Waals surface area (Å²) in [5.74, 6) is 1.63. The molecule has 23 heavy (non-hydrogen) atoms. The number of aromatic nitrogens is 3. The van der Waals surface area contributed by atoms with Gasteiger partial charge in [-0.1, -0.05) is 31.3 Å². The van der Waals surface area contributed by atoms with E-state index in [4.69, 9.17) is 9.47 Å². The number of ether oxygens (including phenoxy) is 2. The lowest BCUT2D eigenvalue weighted by atomic mass is 9.84. The van der Waals surface area contributed by atoms with Crippen LogP contribution >= 0.6 is 11.3 Å². The van der Waals surface area contributed by atoms with Gasteiger partial charge in [0, 0.05) is 12.0 Å². The van der Waals surface area contributed by atoms with Crippen molar-refractivity contribution in [2.45, 2.75) is 26.2 Å². The Morgan fingerprint density at radius 3 is 2.96 bits per heavy atom. The van der Waals surface area contributed by atoms with Crippen molar-refractivity contribution in [3.63, 3.8) is 0 Å². The third-order valence-electron chi connectivity index (χ3n) is 4.00. The van der Waals surface area contributed by atoms with Crippen LogP contribution in [-0.4, -0.2) is 27.9 Å². The van der Waals surface area contributed by atoms with Gasteiger partial charge in [0.05, 0.1) is 11.9 Å². The summed E-state index contributed by atoms with van der Waals surface area (Å²) in [6.45, 7) is 7.43. The molecule has 120 valence electrons. The van der Waals surface area contributed by atoms with Gasteiger partial charge in [0.25, 0.3) is 0 Å². The molecule has 1 aliphatic heterocycles. The minimum atomic E-state index is -0.0648. The number of anilines is 1. The summed E-state index contributed by atoms with van der Waals surface area (Å²) in [5.41, 5.74) is 2.12. The fourth-order valence-corrected chi connectivity index (χ4v) is 3.42. The molecule has 0 bridgehead atoms. The number of rotatable bonds is 4. The highest BCUT2D eigenvalue weighted by molar-refractivity contribution is 7.20. The number of fused-ring (bicyclic) bond motifs is 2. The Kier molecular flexibility index (Phi) is 3.19. The Hall–Kier alpha value is -2.28. The summed E-state index contributed by atoms with van der Waals surface area (Å²) in [7, 11) is 0. The second-order valence-electron chi connectivity index (χ2n) is 6.32. The molecule has 0 saturated carbocycles. The number of nitrogens with zero attached hydrogens (tertiary/aromatic N) is 3. The molecule has 0 aliphatic carbocycles. The smallest absolute Gasteiger partial charge is 0.231 e. The predicted octanol–water partition coefficient (Wildman–Crippen LogP) is 3.22. The van der Waals surface area contributed by atoms with Crippen LogP contribution in [0.1, 0.15) is 25.1 Å². The van der Waals surface area contributed by atoms with E-state index in [9.17, 15) is 0 Å². The monoisotopic (exact) mass is 330 g/mol. The lowest BCUT2D eigenvalue weighted by Gasteiger charge is -2.25. The maximum Gasteiger partial charge on any atom is 0.231 e. The van der Waals surface area contributed by atoms with Crippen LogP contribution in [0.3, 0.4) is 0 Å². The van der Waals surface area contributed by atoms with Crippen LogP contribution in [-0.2, 0) is 5.41 Å². The first kappa shape index (κ1) is 14.3. The van der Waals surface area contributed by atoms with Crippen molar-refractivity contribution in [1.29, 1.82) is 0 Å². The summed E-state index contributed by atoms with van der Waals surface area (Å²) in [5, 5.41) is 8.80. The zero-order valence-electron chi connectivity index (χ0n) is 13.3. The van der Waals surface area contributed by atoms with Crippen LogP contribution < -0.4 is 14.8 Å². The molecule has 0 spiro atoms. The third kappa shape index (κ3) is 2.61. The fourth-order valence-electron chi connectivity index (χ4n) is 2.60. The molecule has 0 unspecified atom stereocenters. The quantitative estimate of drug-likeness (QED) is 0.796. The standard InChI is InChI=1S/C16H18N4O2S/c1-10-7-20-15(18-10)23-14(19-20)17-8-16(2,3)11-4-5-12-13(6-11)22-9-21-12/h4-7H,8-9H2,1-3H3,(H,17,19). The second-order valence-corrected chi connectivity index (χ2v) is 7.28. The normalized spacial score (nSPS) is 13.7. The third-order valence-corrected chi connectivity index (χ3v) is 4.88. The van der Waals surface area contributed by atoms with E-state index in [1.54, 1.807) is 11.3 Å². The van der Waals surface area contributed by atoms with Crippen LogP contribution in [0, 0.1) is 6.92 Å². The summed E-state index contributed by atoms with van der Waals surface area (Å²) in [4.78, 5) is 5.33. The molecule has 3 aromatic rings. The van der Waals surface area contributed by atoms with Crippen molar-refractivity contribution in [2.75, 3.05) is 18.7 Å². The predicted molar refractivity (Wildman–Crippen MR) is 89.7 cm³/mol. The van der Waals surface area contributed by atoms with Crippen LogP contribution in [0.4, 0.5) is 5.13 Å². The summed E-state index contributed by atoms with van der Waals surface area (Å²) in [6.07, 6.45) is 1.93. The van der Waals surface area contributed by atoms with E-state index in [1.165, 1.54) is 5.56 Å². The van der Waals surface area contributed by atoms with Crippen LogP contribution in [0.5, 0.6) is 11.5 Å². The molecule has 0 saturated heterocycles.